The van der Waals surface area contributed by atoms with Crippen molar-refractivity contribution in [2.75, 3.05) is 18.5 Å². The maximum absolute atomic E-state index is 11.8. The number of hydrogen-bond acceptors (Lipinski definition) is 3. The SMILES string of the molecule is NC(=O)c1cnccc1NCCF. The number of aromatic nitrogens is 1. The number of halogens is 1. The largest absolute Gasteiger partial charge is 0.382 e. The average molecular weight is 183 g/mol. The van der Waals surface area contributed by atoms with Crippen LogP contribution in [0.2, 0.25) is 0 Å². The molecule has 1 heterocycles. The number of nitrogens with two attached hydrogens (primary N) is 1. The fourth-order valence-corrected chi connectivity index (χ4v) is 0.927. The first kappa shape index (κ1) is 9.44. The van der Waals surface area contributed by atoms with Crippen molar-refractivity contribution in [3.05, 3.63) is 24.0 Å². The zero-order valence-electron chi connectivity index (χ0n) is 6.96. The van der Waals surface area contributed by atoms with E-state index in [0.29, 0.717) is 5.69 Å². The van der Waals surface area contributed by atoms with E-state index in [4.69, 9.17) is 5.73 Å². The van der Waals surface area contributed by atoms with Crippen LogP contribution < -0.4 is 11.1 Å². The molecule has 0 radical (unpaired) electrons. The van der Waals surface area contributed by atoms with Gasteiger partial charge in [0.1, 0.15) is 6.67 Å². The predicted octanol–water partition coefficient (Wildman–Crippen LogP) is 0.562. The van der Waals surface area contributed by atoms with Gasteiger partial charge >= 0.3 is 0 Å². The number of amides is 1. The summed E-state index contributed by atoms with van der Waals surface area (Å²) in [4.78, 5) is 14.6. The molecule has 13 heavy (non-hydrogen) atoms. The molecule has 70 valence electrons. The van der Waals surface area contributed by atoms with Crippen LogP contribution in [0.1, 0.15) is 10.4 Å². The minimum Gasteiger partial charge on any atom is -0.382 e. The standard InChI is InChI=1S/C8H10FN3O/c9-2-4-12-7-1-3-11-5-6(7)8(10)13/h1,3,5H,2,4H2,(H2,10,13)(H,11,12). The molecule has 0 bridgehead atoms. The third kappa shape index (κ3) is 2.40. The van der Waals surface area contributed by atoms with E-state index in [9.17, 15) is 9.18 Å². The van der Waals surface area contributed by atoms with Crippen LogP contribution in [0, 0.1) is 0 Å². The topological polar surface area (TPSA) is 68.0 Å². The number of hydrogen-bond donors (Lipinski definition) is 2. The second kappa shape index (κ2) is 4.39. The Labute approximate surface area is 75.0 Å². The second-order valence-corrected chi connectivity index (χ2v) is 2.40. The second-order valence-electron chi connectivity index (χ2n) is 2.40. The molecule has 0 saturated heterocycles. The van der Waals surface area contributed by atoms with Crippen LogP contribution in [0.4, 0.5) is 10.1 Å². The molecular weight excluding hydrogens is 173 g/mol. The van der Waals surface area contributed by atoms with Gasteiger partial charge in [-0.05, 0) is 6.07 Å². The summed E-state index contributed by atoms with van der Waals surface area (Å²) >= 11 is 0. The Morgan fingerprint density at radius 2 is 2.46 bits per heavy atom. The molecule has 0 atom stereocenters. The minimum absolute atomic E-state index is 0.157. The van der Waals surface area contributed by atoms with Crippen LogP contribution in [0.5, 0.6) is 0 Å². The number of rotatable bonds is 4. The molecule has 0 aliphatic rings. The lowest BCUT2D eigenvalue weighted by Crippen LogP contribution is -2.15. The van der Waals surface area contributed by atoms with Crippen molar-refractivity contribution < 1.29 is 9.18 Å². The van der Waals surface area contributed by atoms with Crippen LogP contribution in [-0.4, -0.2) is 24.1 Å². The number of nitrogens with one attached hydrogen (secondary N) is 1. The molecule has 3 N–H and O–H groups in total. The number of pyridine rings is 1. The lowest BCUT2D eigenvalue weighted by Gasteiger charge is -2.06. The van der Waals surface area contributed by atoms with Gasteiger partial charge in [-0.15, -0.1) is 0 Å². The lowest BCUT2D eigenvalue weighted by atomic mass is 10.2. The Morgan fingerprint density at radius 1 is 1.69 bits per heavy atom. The quantitative estimate of drug-likeness (QED) is 0.716. The molecule has 0 aliphatic carbocycles. The van der Waals surface area contributed by atoms with E-state index in [1.54, 1.807) is 6.07 Å². The summed E-state index contributed by atoms with van der Waals surface area (Å²) < 4.78 is 11.8. The highest BCUT2D eigenvalue weighted by Gasteiger charge is 2.06. The Morgan fingerprint density at radius 3 is 3.08 bits per heavy atom. The van der Waals surface area contributed by atoms with E-state index >= 15 is 0 Å². The van der Waals surface area contributed by atoms with Crippen molar-refractivity contribution in [1.29, 1.82) is 0 Å². The summed E-state index contributed by atoms with van der Waals surface area (Å²) in [6, 6.07) is 1.58. The van der Waals surface area contributed by atoms with E-state index in [0.717, 1.165) is 0 Å². The monoisotopic (exact) mass is 183 g/mol. The molecule has 0 aromatic carbocycles. The first-order chi connectivity index (χ1) is 6.25. The molecule has 4 nitrogen and oxygen atoms in total. The van der Waals surface area contributed by atoms with Crippen molar-refractivity contribution in [3.63, 3.8) is 0 Å². The molecular formula is C8H10FN3O. The number of primary amides is 1. The van der Waals surface area contributed by atoms with E-state index in [1.165, 1.54) is 12.4 Å². The Hall–Kier alpha value is -1.65. The summed E-state index contributed by atoms with van der Waals surface area (Å²) in [5.41, 5.74) is 5.86. The maximum atomic E-state index is 11.8. The molecule has 0 unspecified atom stereocenters. The van der Waals surface area contributed by atoms with Gasteiger partial charge in [0, 0.05) is 18.9 Å². The smallest absolute Gasteiger partial charge is 0.252 e. The highest BCUT2D eigenvalue weighted by molar-refractivity contribution is 5.98. The molecule has 1 amide bonds. The van der Waals surface area contributed by atoms with Crippen LogP contribution >= 0.6 is 0 Å². The fourth-order valence-electron chi connectivity index (χ4n) is 0.927. The van der Waals surface area contributed by atoms with Crippen molar-refractivity contribution in [1.82, 2.24) is 4.98 Å². The van der Waals surface area contributed by atoms with Gasteiger partial charge in [-0.1, -0.05) is 0 Å². The van der Waals surface area contributed by atoms with Gasteiger partial charge in [-0.25, -0.2) is 4.39 Å². The predicted molar refractivity (Wildman–Crippen MR) is 47.2 cm³/mol. The number of carbonyl (C=O) groups excluding carboxylic acids is 1. The summed E-state index contributed by atoms with van der Waals surface area (Å²) in [7, 11) is 0. The van der Waals surface area contributed by atoms with Crippen molar-refractivity contribution >= 4 is 11.6 Å². The number of anilines is 1. The molecule has 0 saturated carbocycles. The zero-order valence-corrected chi connectivity index (χ0v) is 6.96. The van der Waals surface area contributed by atoms with Crippen LogP contribution in [-0.2, 0) is 0 Å². The fraction of sp³-hybridized carbons (Fsp3) is 0.250. The Kier molecular flexibility index (Phi) is 3.19. The summed E-state index contributed by atoms with van der Waals surface area (Å²) in [5, 5.41) is 2.73. The van der Waals surface area contributed by atoms with Crippen LogP contribution in [0.25, 0.3) is 0 Å². The summed E-state index contributed by atoms with van der Waals surface area (Å²) in [6.07, 6.45) is 2.86. The number of carbonyl (C=O) groups is 1. The zero-order chi connectivity index (χ0) is 9.68. The number of nitrogens with zero attached hydrogens (tertiary/aromatic N) is 1. The van der Waals surface area contributed by atoms with Gasteiger partial charge in [-0.3, -0.25) is 9.78 Å². The highest BCUT2D eigenvalue weighted by Crippen LogP contribution is 2.11. The Balaban J connectivity index is 2.84. The van der Waals surface area contributed by atoms with E-state index in [2.05, 4.69) is 10.3 Å². The van der Waals surface area contributed by atoms with E-state index < -0.39 is 12.6 Å². The van der Waals surface area contributed by atoms with E-state index in [1.807, 2.05) is 0 Å². The third-order valence-corrected chi connectivity index (χ3v) is 1.50. The van der Waals surface area contributed by atoms with Crippen molar-refractivity contribution in [3.8, 4) is 0 Å². The van der Waals surface area contributed by atoms with Gasteiger partial charge in [-0.2, -0.15) is 0 Å². The molecule has 5 heteroatoms. The molecule has 0 aliphatic heterocycles. The minimum atomic E-state index is -0.575. The lowest BCUT2D eigenvalue weighted by molar-refractivity contribution is 0.100. The van der Waals surface area contributed by atoms with Crippen LogP contribution in [0.3, 0.4) is 0 Å². The number of alkyl halides is 1. The van der Waals surface area contributed by atoms with Crippen LogP contribution in [0.15, 0.2) is 18.5 Å². The first-order valence-electron chi connectivity index (χ1n) is 3.79. The van der Waals surface area contributed by atoms with Gasteiger partial charge in [0.25, 0.3) is 5.91 Å². The van der Waals surface area contributed by atoms with Gasteiger partial charge < -0.3 is 11.1 Å². The summed E-state index contributed by atoms with van der Waals surface area (Å²) in [6.45, 7) is -0.342. The van der Waals surface area contributed by atoms with Gasteiger partial charge in [0.05, 0.1) is 11.3 Å². The Bertz CT molecular complexity index is 303. The van der Waals surface area contributed by atoms with Crippen molar-refractivity contribution in [2.24, 2.45) is 5.73 Å². The maximum Gasteiger partial charge on any atom is 0.252 e. The van der Waals surface area contributed by atoms with Crippen molar-refractivity contribution in [2.45, 2.75) is 0 Å². The third-order valence-electron chi connectivity index (χ3n) is 1.50. The highest BCUT2D eigenvalue weighted by atomic mass is 19.1. The van der Waals surface area contributed by atoms with Gasteiger partial charge in [0.15, 0.2) is 0 Å². The average Bonchev–Trinajstić information content (AvgIpc) is 2.15. The molecule has 1 aromatic heterocycles. The van der Waals surface area contributed by atoms with E-state index in [-0.39, 0.29) is 12.1 Å². The first-order valence-corrected chi connectivity index (χ1v) is 3.79. The normalized spacial score (nSPS) is 9.62. The molecule has 1 rings (SSSR count). The molecule has 1 aromatic rings. The summed E-state index contributed by atoms with van der Waals surface area (Å²) in [5.74, 6) is -0.575. The molecule has 0 fully saturated rings. The van der Waals surface area contributed by atoms with Gasteiger partial charge in [0.2, 0.25) is 0 Å². The molecule has 0 spiro atoms.